The van der Waals surface area contributed by atoms with E-state index in [9.17, 15) is 26.7 Å². The van der Waals surface area contributed by atoms with E-state index in [1.165, 1.54) is 24.3 Å². The highest BCUT2D eigenvalue weighted by molar-refractivity contribution is 6.04. The summed E-state index contributed by atoms with van der Waals surface area (Å²) in [6, 6.07) is 8.65. The molecule has 28 heavy (non-hydrogen) atoms. The van der Waals surface area contributed by atoms with Crippen LogP contribution in [0.15, 0.2) is 46.9 Å². The van der Waals surface area contributed by atoms with Gasteiger partial charge in [-0.2, -0.15) is 13.2 Å². The van der Waals surface area contributed by atoms with Crippen molar-refractivity contribution in [2.75, 3.05) is 5.32 Å². The Hall–Kier alpha value is -3.23. The number of hydrogen-bond donors (Lipinski definition) is 1. The Morgan fingerprint density at radius 3 is 2.21 bits per heavy atom. The molecule has 0 unspecified atom stereocenters. The molecule has 0 bridgehead atoms. The van der Waals surface area contributed by atoms with Gasteiger partial charge in [0.25, 0.3) is 5.91 Å². The molecule has 4 nitrogen and oxygen atoms in total. The third-order valence-electron chi connectivity index (χ3n) is 3.87. The van der Waals surface area contributed by atoms with Gasteiger partial charge in [0.15, 0.2) is 0 Å². The van der Waals surface area contributed by atoms with Crippen molar-refractivity contribution in [1.29, 1.82) is 0 Å². The average molecular weight is 396 g/mol. The fraction of sp³-hybridized carbons (Fsp3) is 0.158. The number of nitrogens with one attached hydrogen (secondary N) is 1. The molecule has 0 aliphatic carbocycles. The molecule has 0 saturated heterocycles. The van der Waals surface area contributed by atoms with Crippen LogP contribution in [-0.2, 0) is 12.6 Å². The maximum atomic E-state index is 13.7. The predicted molar refractivity (Wildman–Crippen MR) is 90.6 cm³/mol. The molecule has 0 aliphatic rings. The van der Waals surface area contributed by atoms with E-state index in [-0.39, 0.29) is 23.6 Å². The van der Waals surface area contributed by atoms with E-state index in [4.69, 9.17) is 4.42 Å². The van der Waals surface area contributed by atoms with Crippen molar-refractivity contribution in [3.63, 3.8) is 0 Å². The van der Waals surface area contributed by atoms with Gasteiger partial charge in [0.2, 0.25) is 0 Å². The summed E-state index contributed by atoms with van der Waals surface area (Å²) in [4.78, 5) is 15.6. The van der Waals surface area contributed by atoms with Gasteiger partial charge < -0.3 is 9.73 Å². The summed E-state index contributed by atoms with van der Waals surface area (Å²) >= 11 is 0. The minimum absolute atomic E-state index is 0.0350. The second-order valence-corrected chi connectivity index (χ2v) is 5.77. The first kappa shape index (κ1) is 19.5. The molecule has 1 N–H and O–H groups in total. The fourth-order valence-electron chi connectivity index (χ4n) is 2.56. The van der Waals surface area contributed by atoms with Crippen molar-refractivity contribution in [3.8, 4) is 11.3 Å². The smallest absolute Gasteiger partial charge is 0.437 e. The normalized spacial score (nSPS) is 11.5. The highest BCUT2D eigenvalue weighted by atomic mass is 19.4. The zero-order valence-electron chi connectivity index (χ0n) is 14.4. The van der Waals surface area contributed by atoms with Gasteiger partial charge in [-0.05, 0) is 24.3 Å². The Morgan fingerprint density at radius 2 is 1.68 bits per heavy atom. The fourth-order valence-corrected chi connectivity index (χ4v) is 2.56. The zero-order chi connectivity index (χ0) is 20.5. The standard InChI is InChI=1S/C19H13F5N2O2/c1-2-14-16(26-18(28-14)19(22,23)24)10-6-8-11(9-7-10)25-17(27)15-12(20)4-3-5-13(15)21/h3-9H,2H2,1H3,(H,25,27). The van der Waals surface area contributed by atoms with Crippen LogP contribution >= 0.6 is 0 Å². The number of benzene rings is 2. The first-order valence-corrected chi connectivity index (χ1v) is 8.13. The van der Waals surface area contributed by atoms with Gasteiger partial charge in [0.05, 0.1) is 0 Å². The van der Waals surface area contributed by atoms with Gasteiger partial charge in [0, 0.05) is 17.7 Å². The number of aromatic nitrogens is 1. The van der Waals surface area contributed by atoms with Crippen molar-refractivity contribution in [2.24, 2.45) is 0 Å². The number of nitrogens with zero attached hydrogens (tertiary/aromatic N) is 1. The van der Waals surface area contributed by atoms with Crippen LogP contribution in [0.2, 0.25) is 0 Å². The van der Waals surface area contributed by atoms with Crippen LogP contribution in [0.1, 0.15) is 28.9 Å². The van der Waals surface area contributed by atoms with Crippen molar-refractivity contribution in [1.82, 2.24) is 4.98 Å². The SMILES string of the molecule is CCc1oc(C(F)(F)F)nc1-c1ccc(NC(=O)c2c(F)cccc2F)cc1. The van der Waals surface area contributed by atoms with Crippen molar-refractivity contribution in [2.45, 2.75) is 19.5 Å². The summed E-state index contributed by atoms with van der Waals surface area (Å²) in [6.07, 6.45) is -4.51. The summed E-state index contributed by atoms with van der Waals surface area (Å²) < 4.78 is 70.5. The molecule has 3 rings (SSSR count). The molecule has 146 valence electrons. The quantitative estimate of drug-likeness (QED) is 0.597. The number of halogens is 5. The highest BCUT2D eigenvalue weighted by Gasteiger charge is 2.38. The van der Waals surface area contributed by atoms with Crippen molar-refractivity contribution >= 4 is 11.6 Å². The van der Waals surface area contributed by atoms with Crippen molar-refractivity contribution in [3.05, 3.63) is 71.3 Å². The number of carbonyl (C=O) groups is 1. The summed E-state index contributed by atoms with van der Waals surface area (Å²) in [6.45, 7) is 1.63. The Morgan fingerprint density at radius 1 is 1.07 bits per heavy atom. The second-order valence-electron chi connectivity index (χ2n) is 5.77. The molecule has 0 aliphatic heterocycles. The zero-order valence-corrected chi connectivity index (χ0v) is 14.4. The lowest BCUT2D eigenvalue weighted by Gasteiger charge is -2.08. The van der Waals surface area contributed by atoms with E-state index >= 15 is 0 Å². The summed E-state index contributed by atoms with van der Waals surface area (Å²) in [5.74, 6) is -4.28. The topological polar surface area (TPSA) is 55.1 Å². The third-order valence-corrected chi connectivity index (χ3v) is 3.87. The lowest BCUT2D eigenvalue weighted by Crippen LogP contribution is -2.15. The molecule has 0 saturated carbocycles. The third kappa shape index (κ3) is 3.88. The van der Waals surface area contributed by atoms with Gasteiger partial charge in [-0.3, -0.25) is 4.79 Å². The van der Waals surface area contributed by atoms with Gasteiger partial charge in [-0.15, -0.1) is 0 Å². The van der Waals surface area contributed by atoms with Crippen LogP contribution in [0.4, 0.5) is 27.6 Å². The molecule has 0 fully saturated rings. The molecule has 3 aromatic rings. The summed E-state index contributed by atoms with van der Waals surface area (Å²) in [5, 5.41) is 2.33. The van der Waals surface area contributed by atoms with Crippen LogP contribution in [-0.4, -0.2) is 10.9 Å². The number of aryl methyl sites for hydroxylation is 1. The molecule has 2 aromatic carbocycles. The van der Waals surface area contributed by atoms with E-state index in [1.807, 2.05) is 0 Å². The molecule has 1 aromatic heterocycles. The molecule has 0 radical (unpaired) electrons. The Labute approximate surface area is 156 Å². The number of anilines is 1. The lowest BCUT2D eigenvalue weighted by atomic mass is 10.1. The van der Waals surface area contributed by atoms with Crippen LogP contribution in [0, 0.1) is 11.6 Å². The van der Waals surface area contributed by atoms with Crippen LogP contribution in [0.5, 0.6) is 0 Å². The Bertz CT molecular complexity index is 990. The van der Waals surface area contributed by atoms with Gasteiger partial charge in [0.1, 0.15) is 28.7 Å². The maximum absolute atomic E-state index is 13.7. The maximum Gasteiger partial charge on any atom is 0.468 e. The number of carbonyl (C=O) groups excluding carboxylic acids is 1. The van der Waals surface area contributed by atoms with Crippen LogP contribution in [0.3, 0.4) is 0 Å². The number of hydrogen-bond acceptors (Lipinski definition) is 3. The van der Waals surface area contributed by atoms with Crippen molar-refractivity contribution < 1.29 is 31.2 Å². The molecule has 0 atom stereocenters. The number of rotatable bonds is 4. The van der Waals surface area contributed by atoms with E-state index in [1.54, 1.807) is 6.92 Å². The molecule has 1 amide bonds. The minimum Gasteiger partial charge on any atom is -0.437 e. The number of alkyl halides is 3. The number of amides is 1. The highest BCUT2D eigenvalue weighted by Crippen LogP contribution is 2.34. The molecule has 9 heteroatoms. The van der Waals surface area contributed by atoms with Gasteiger partial charge in [-0.1, -0.05) is 25.1 Å². The second kappa shape index (κ2) is 7.41. The van der Waals surface area contributed by atoms with Gasteiger partial charge in [-0.25, -0.2) is 13.8 Å². The Balaban J connectivity index is 1.85. The summed E-state index contributed by atoms with van der Waals surface area (Å²) in [7, 11) is 0. The summed E-state index contributed by atoms with van der Waals surface area (Å²) in [5.41, 5.74) is -0.154. The first-order chi connectivity index (χ1) is 13.2. The number of oxazole rings is 1. The monoisotopic (exact) mass is 396 g/mol. The van der Waals surface area contributed by atoms with E-state index in [0.717, 1.165) is 18.2 Å². The minimum atomic E-state index is -4.71. The van der Waals surface area contributed by atoms with E-state index in [0.29, 0.717) is 5.56 Å². The lowest BCUT2D eigenvalue weighted by molar-refractivity contribution is -0.157. The van der Waals surface area contributed by atoms with Gasteiger partial charge >= 0.3 is 12.1 Å². The molecule has 1 heterocycles. The molecular formula is C19H13F5N2O2. The average Bonchev–Trinajstić information content (AvgIpc) is 3.07. The molecular weight excluding hydrogens is 383 g/mol. The van der Waals surface area contributed by atoms with E-state index in [2.05, 4.69) is 10.3 Å². The predicted octanol–water partition coefficient (Wildman–Crippen LogP) is 5.45. The first-order valence-electron chi connectivity index (χ1n) is 8.13. The van der Waals surface area contributed by atoms with Crippen LogP contribution in [0.25, 0.3) is 11.3 Å². The Kier molecular flexibility index (Phi) is 5.17. The van der Waals surface area contributed by atoms with E-state index < -0.39 is 35.2 Å². The largest absolute Gasteiger partial charge is 0.468 e. The van der Waals surface area contributed by atoms with Crippen LogP contribution < -0.4 is 5.32 Å². The molecule has 0 spiro atoms.